The minimum absolute atomic E-state index is 0.140. The molecular weight excluding hydrogens is 342 g/mol. The monoisotopic (exact) mass is 367 g/mol. The van der Waals surface area contributed by atoms with Crippen molar-refractivity contribution in [2.75, 3.05) is 19.8 Å². The number of carbonyl (C=O) groups is 1. The van der Waals surface area contributed by atoms with Gasteiger partial charge in [0, 0.05) is 18.5 Å². The highest BCUT2D eigenvalue weighted by molar-refractivity contribution is 5.59. The van der Waals surface area contributed by atoms with Crippen LogP contribution < -0.4 is 0 Å². The second-order valence-electron chi connectivity index (χ2n) is 7.74. The minimum atomic E-state index is -1.33. The van der Waals surface area contributed by atoms with E-state index in [0.717, 1.165) is 17.4 Å². The highest BCUT2D eigenvalue weighted by Crippen LogP contribution is 2.41. The fraction of sp³-hybridized carbons (Fsp3) is 0.409. The van der Waals surface area contributed by atoms with Crippen LogP contribution >= 0.6 is 0 Å². The van der Waals surface area contributed by atoms with E-state index in [9.17, 15) is 4.79 Å². The molecule has 3 heterocycles. The van der Waals surface area contributed by atoms with Gasteiger partial charge in [0.2, 0.25) is 0 Å². The molecule has 3 saturated heterocycles. The maximum Gasteiger partial charge on any atom is 0.306 e. The van der Waals surface area contributed by atoms with Crippen molar-refractivity contribution in [3.05, 3.63) is 71.8 Å². The topological polar surface area (TPSA) is 48.0 Å². The Bertz CT molecular complexity index is 698. The lowest BCUT2D eigenvalue weighted by Gasteiger charge is -2.53. The van der Waals surface area contributed by atoms with Crippen LogP contribution in [0.1, 0.15) is 18.1 Å². The SMILES string of the molecule is CC12COC(C(C=O)N(Cc3ccccc3)Cc3ccccc3)(OC1)OC2. The summed E-state index contributed by atoms with van der Waals surface area (Å²) in [7, 11) is 0. The Hall–Kier alpha value is -2.05. The van der Waals surface area contributed by atoms with Crippen LogP contribution in [0.25, 0.3) is 0 Å². The Balaban J connectivity index is 1.62. The molecule has 3 aliphatic heterocycles. The standard InChI is InChI=1S/C22H25NO4/c1-21-15-25-22(26-16-21,27-17-21)20(14-24)23(12-18-8-4-2-5-9-18)13-19-10-6-3-7-11-19/h2-11,14,20H,12-13,15-17H2,1H3. The zero-order valence-corrected chi connectivity index (χ0v) is 15.5. The number of rotatable bonds is 7. The Labute approximate surface area is 159 Å². The predicted molar refractivity (Wildman–Crippen MR) is 101 cm³/mol. The van der Waals surface area contributed by atoms with Gasteiger partial charge in [0.15, 0.2) is 0 Å². The fourth-order valence-electron chi connectivity index (χ4n) is 3.61. The zero-order valence-electron chi connectivity index (χ0n) is 15.5. The molecule has 2 aromatic rings. The molecule has 3 fully saturated rings. The number of fused-ring (bicyclic) bond motifs is 3. The summed E-state index contributed by atoms with van der Waals surface area (Å²) in [6.07, 6.45) is 0.889. The van der Waals surface area contributed by atoms with Crippen molar-refractivity contribution in [1.82, 2.24) is 4.90 Å². The zero-order chi connectivity index (χ0) is 18.7. The number of benzene rings is 2. The van der Waals surface area contributed by atoms with E-state index in [4.69, 9.17) is 14.2 Å². The molecule has 5 rings (SSSR count). The van der Waals surface area contributed by atoms with E-state index in [1.165, 1.54) is 0 Å². The lowest BCUT2D eigenvalue weighted by Crippen LogP contribution is -2.67. The van der Waals surface area contributed by atoms with Gasteiger partial charge < -0.3 is 19.0 Å². The van der Waals surface area contributed by atoms with Gasteiger partial charge in [0.25, 0.3) is 0 Å². The third-order valence-corrected chi connectivity index (χ3v) is 5.21. The third kappa shape index (κ3) is 3.82. The molecule has 0 N–H and O–H groups in total. The summed E-state index contributed by atoms with van der Waals surface area (Å²) in [4.78, 5) is 14.3. The molecule has 5 nitrogen and oxygen atoms in total. The first-order valence-electron chi connectivity index (χ1n) is 9.32. The number of hydrogen-bond donors (Lipinski definition) is 0. The van der Waals surface area contributed by atoms with Crippen LogP contribution in [0.2, 0.25) is 0 Å². The normalized spacial score (nSPS) is 28.2. The van der Waals surface area contributed by atoms with E-state index in [2.05, 4.69) is 36.1 Å². The average molecular weight is 367 g/mol. The third-order valence-electron chi connectivity index (χ3n) is 5.21. The number of aldehydes is 1. The molecule has 1 unspecified atom stereocenters. The van der Waals surface area contributed by atoms with Gasteiger partial charge in [-0.05, 0) is 11.1 Å². The summed E-state index contributed by atoms with van der Waals surface area (Å²) in [5.74, 6) is -1.33. The Kier molecular flexibility index (Phi) is 5.10. The van der Waals surface area contributed by atoms with Crippen LogP contribution in [0.5, 0.6) is 0 Å². The van der Waals surface area contributed by atoms with Gasteiger partial charge in [-0.1, -0.05) is 67.6 Å². The molecule has 27 heavy (non-hydrogen) atoms. The molecule has 0 aliphatic carbocycles. The van der Waals surface area contributed by atoms with Crippen LogP contribution in [0.3, 0.4) is 0 Å². The number of ether oxygens (including phenoxy) is 3. The summed E-state index contributed by atoms with van der Waals surface area (Å²) in [6.45, 7) is 4.84. The summed E-state index contributed by atoms with van der Waals surface area (Å²) in [5, 5.41) is 0. The van der Waals surface area contributed by atoms with Gasteiger partial charge in [-0.3, -0.25) is 4.90 Å². The smallest absolute Gasteiger partial charge is 0.306 e. The van der Waals surface area contributed by atoms with Gasteiger partial charge in [0.05, 0.1) is 19.8 Å². The Morgan fingerprint density at radius 3 is 1.74 bits per heavy atom. The second-order valence-corrected chi connectivity index (χ2v) is 7.74. The van der Waals surface area contributed by atoms with Gasteiger partial charge in [-0.2, -0.15) is 0 Å². The maximum absolute atomic E-state index is 12.2. The number of hydrogen-bond acceptors (Lipinski definition) is 5. The molecule has 0 spiro atoms. The van der Waals surface area contributed by atoms with Crippen LogP contribution in [0, 0.1) is 5.41 Å². The van der Waals surface area contributed by atoms with Crippen molar-refractivity contribution in [3.63, 3.8) is 0 Å². The van der Waals surface area contributed by atoms with Crippen molar-refractivity contribution in [2.24, 2.45) is 5.41 Å². The van der Waals surface area contributed by atoms with Crippen molar-refractivity contribution < 1.29 is 19.0 Å². The first-order valence-corrected chi connectivity index (χ1v) is 9.32. The largest absolute Gasteiger partial charge is 0.325 e. The molecule has 2 bridgehead atoms. The summed E-state index contributed by atoms with van der Waals surface area (Å²) in [6, 6.07) is 19.5. The summed E-state index contributed by atoms with van der Waals surface area (Å²) in [5.41, 5.74) is 2.10. The Morgan fingerprint density at radius 2 is 1.33 bits per heavy atom. The van der Waals surface area contributed by atoms with Gasteiger partial charge in [-0.25, -0.2) is 0 Å². The van der Waals surface area contributed by atoms with E-state index in [1.54, 1.807) is 0 Å². The number of carbonyl (C=O) groups excluding carboxylic acids is 1. The quantitative estimate of drug-likeness (QED) is 0.704. The molecule has 1 atom stereocenters. The van der Waals surface area contributed by atoms with Crippen molar-refractivity contribution in [2.45, 2.75) is 32.0 Å². The van der Waals surface area contributed by atoms with Gasteiger partial charge in [0.1, 0.15) is 12.3 Å². The fourth-order valence-corrected chi connectivity index (χ4v) is 3.61. The number of nitrogens with zero attached hydrogens (tertiary/aromatic N) is 1. The molecule has 0 radical (unpaired) electrons. The second kappa shape index (κ2) is 7.52. The van der Waals surface area contributed by atoms with Crippen molar-refractivity contribution in [3.8, 4) is 0 Å². The average Bonchev–Trinajstić information content (AvgIpc) is 2.71. The van der Waals surface area contributed by atoms with E-state index in [0.29, 0.717) is 32.9 Å². The highest BCUT2D eigenvalue weighted by atomic mass is 16.9. The van der Waals surface area contributed by atoms with Crippen LogP contribution in [0.4, 0.5) is 0 Å². The lowest BCUT2D eigenvalue weighted by atomic mass is 9.91. The van der Waals surface area contributed by atoms with Crippen LogP contribution in [-0.2, 0) is 32.1 Å². The van der Waals surface area contributed by atoms with Gasteiger partial charge in [-0.15, -0.1) is 0 Å². The highest BCUT2D eigenvalue weighted by Gasteiger charge is 2.56. The lowest BCUT2D eigenvalue weighted by molar-refractivity contribution is -0.476. The van der Waals surface area contributed by atoms with Crippen LogP contribution in [-0.4, -0.2) is 43.0 Å². The van der Waals surface area contributed by atoms with Gasteiger partial charge >= 0.3 is 5.97 Å². The van der Waals surface area contributed by atoms with E-state index in [1.807, 2.05) is 36.4 Å². The molecular formula is C22H25NO4. The van der Waals surface area contributed by atoms with E-state index < -0.39 is 12.0 Å². The molecule has 0 amide bonds. The summed E-state index contributed by atoms with van der Waals surface area (Å²) < 4.78 is 17.9. The molecule has 3 aliphatic rings. The van der Waals surface area contributed by atoms with Crippen molar-refractivity contribution in [1.29, 1.82) is 0 Å². The Morgan fingerprint density at radius 1 is 0.889 bits per heavy atom. The minimum Gasteiger partial charge on any atom is -0.325 e. The molecule has 0 saturated carbocycles. The molecule has 142 valence electrons. The molecule has 0 aromatic heterocycles. The predicted octanol–water partition coefficient (Wildman–Crippen LogP) is 2.99. The maximum atomic E-state index is 12.2. The van der Waals surface area contributed by atoms with Crippen molar-refractivity contribution >= 4 is 6.29 Å². The molecule has 2 aromatic carbocycles. The summed E-state index contributed by atoms with van der Waals surface area (Å²) >= 11 is 0. The first kappa shape index (κ1) is 18.3. The van der Waals surface area contributed by atoms with Crippen LogP contribution in [0.15, 0.2) is 60.7 Å². The van der Waals surface area contributed by atoms with E-state index >= 15 is 0 Å². The first-order chi connectivity index (χ1) is 13.1. The molecule has 5 heteroatoms. The van der Waals surface area contributed by atoms with E-state index in [-0.39, 0.29) is 5.41 Å².